The number of nitrogens with one attached hydrogen (secondary N) is 1. The first kappa shape index (κ1) is 26.8. The average Bonchev–Trinajstić information content (AvgIpc) is 3.56. The summed E-state index contributed by atoms with van der Waals surface area (Å²) in [6.45, 7) is 7.62. The Kier molecular flexibility index (Phi) is 8.49. The fourth-order valence-corrected chi connectivity index (χ4v) is 5.68. The summed E-state index contributed by atoms with van der Waals surface area (Å²) in [5, 5.41) is 3.38. The second-order valence-corrected chi connectivity index (χ2v) is 12.2. The van der Waals surface area contributed by atoms with Gasteiger partial charge in [0, 0.05) is 43.0 Å². The molecular weight excluding hydrogens is 539 g/mol. The number of oxazole rings is 1. The zero-order valence-electron chi connectivity index (χ0n) is 20.5. The highest BCUT2D eigenvalue weighted by Crippen LogP contribution is 2.32. The molecule has 0 aliphatic heterocycles. The van der Waals surface area contributed by atoms with E-state index in [0.717, 1.165) is 26.7 Å². The van der Waals surface area contributed by atoms with Gasteiger partial charge in [-0.1, -0.05) is 32.1 Å². The normalized spacial score (nSPS) is 11.8. The Labute approximate surface area is 228 Å². The summed E-state index contributed by atoms with van der Waals surface area (Å²) < 4.78 is 8.58. The van der Waals surface area contributed by atoms with Crippen molar-refractivity contribution in [3.63, 3.8) is 0 Å². The number of carbonyl (C=O) groups excluding carboxylic acids is 1. The van der Waals surface area contributed by atoms with Crippen LogP contribution in [0.3, 0.4) is 0 Å². The zero-order valence-corrected chi connectivity index (χ0v) is 23.7. The van der Waals surface area contributed by atoms with E-state index >= 15 is 0 Å². The fourth-order valence-electron chi connectivity index (χ4n) is 3.56. The standard InChI is InChI=1S/C24H28Cl2N6O2S2/c1-24(2,3)18-12-27-19(34-18)14-35-20-13-28-23(36-20)30-22(33)21-29-16-11-15(5-6-17(16)31(21)4)32(9-7-25)10-8-26/h5-6,11-13H,7-10,14H2,1-4H3,(H,28,30,33). The first-order valence-electron chi connectivity index (χ1n) is 11.4. The average molecular weight is 568 g/mol. The van der Waals surface area contributed by atoms with Crippen molar-refractivity contribution in [2.24, 2.45) is 7.05 Å². The summed E-state index contributed by atoms with van der Waals surface area (Å²) in [6.07, 6.45) is 3.52. The highest BCUT2D eigenvalue weighted by atomic mass is 35.5. The molecule has 0 aliphatic carbocycles. The van der Waals surface area contributed by atoms with Crippen LogP contribution in [0.5, 0.6) is 0 Å². The molecule has 0 bridgehead atoms. The lowest BCUT2D eigenvalue weighted by atomic mass is 9.94. The van der Waals surface area contributed by atoms with Gasteiger partial charge in [-0.3, -0.25) is 10.1 Å². The summed E-state index contributed by atoms with van der Waals surface area (Å²) in [5.74, 6) is 3.09. The van der Waals surface area contributed by atoms with E-state index in [1.807, 2.05) is 25.2 Å². The number of carbonyl (C=O) groups is 1. The molecule has 1 amide bonds. The number of hydrogen-bond acceptors (Lipinski definition) is 8. The number of alkyl halides is 2. The Morgan fingerprint density at radius 3 is 2.61 bits per heavy atom. The molecule has 0 fully saturated rings. The summed E-state index contributed by atoms with van der Waals surface area (Å²) in [5.41, 5.74) is 2.47. The van der Waals surface area contributed by atoms with Gasteiger partial charge in [0.1, 0.15) is 5.76 Å². The van der Waals surface area contributed by atoms with Crippen LogP contribution in [-0.2, 0) is 18.2 Å². The van der Waals surface area contributed by atoms with Crippen LogP contribution in [0.25, 0.3) is 11.0 Å². The quantitative estimate of drug-likeness (QED) is 0.182. The number of benzene rings is 1. The maximum absolute atomic E-state index is 13.0. The number of nitrogens with zero attached hydrogens (tertiary/aromatic N) is 5. The Morgan fingerprint density at radius 2 is 1.94 bits per heavy atom. The highest BCUT2D eigenvalue weighted by Gasteiger charge is 2.20. The van der Waals surface area contributed by atoms with Crippen LogP contribution in [0.1, 0.15) is 43.0 Å². The van der Waals surface area contributed by atoms with Gasteiger partial charge in [-0.15, -0.1) is 35.0 Å². The second-order valence-electron chi connectivity index (χ2n) is 9.13. The minimum Gasteiger partial charge on any atom is -0.444 e. The van der Waals surface area contributed by atoms with Crippen LogP contribution < -0.4 is 10.2 Å². The molecule has 8 nitrogen and oxygen atoms in total. The number of anilines is 2. The maximum atomic E-state index is 13.0. The molecule has 4 rings (SSSR count). The van der Waals surface area contributed by atoms with Gasteiger partial charge >= 0.3 is 0 Å². The lowest BCUT2D eigenvalue weighted by Gasteiger charge is -2.22. The minimum atomic E-state index is -0.318. The Bertz CT molecular complexity index is 1340. The zero-order chi connectivity index (χ0) is 25.9. The number of fused-ring (bicyclic) bond motifs is 1. The Morgan fingerprint density at radius 1 is 1.19 bits per heavy atom. The summed E-state index contributed by atoms with van der Waals surface area (Å²) in [4.78, 5) is 28.4. The number of thioether (sulfide) groups is 1. The van der Waals surface area contributed by atoms with Crippen molar-refractivity contribution in [2.75, 3.05) is 35.1 Å². The van der Waals surface area contributed by atoms with E-state index < -0.39 is 0 Å². The van der Waals surface area contributed by atoms with Crippen molar-refractivity contribution in [1.82, 2.24) is 19.5 Å². The van der Waals surface area contributed by atoms with Gasteiger partial charge in [0.2, 0.25) is 5.89 Å². The highest BCUT2D eigenvalue weighted by molar-refractivity contribution is 8.00. The predicted molar refractivity (Wildman–Crippen MR) is 149 cm³/mol. The van der Waals surface area contributed by atoms with Gasteiger partial charge in [-0.05, 0) is 18.2 Å². The predicted octanol–water partition coefficient (Wildman–Crippen LogP) is 6.14. The third-order valence-electron chi connectivity index (χ3n) is 5.48. The first-order chi connectivity index (χ1) is 17.2. The van der Waals surface area contributed by atoms with Gasteiger partial charge in [-0.2, -0.15) is 0 Å². The fraction of sp³-hybridized carbons (Fsp3) is 0.417. The molecule has 3 heterocycles. The number of aryl methyl sites for hydroxylation is 1. The van der Waals surface area contributed by atoms with Crippen LogP contribution in [0.15, 0.2) is 39.2 Å². The van der Waals surface area contributed by atoms with Crippen LogP contribution in [0.4, 0.5) is 10.8 Å². The van der Waals surface area contributed by atoms with Crippen LogP contribution >= 0.6 is 46.3 Å². The molecular formula is C24H28Cl2N6O2S2. The number of hydrogen-bond donors (Lipinski definition) is 1. The number of thiazole rings is 1. The topological polar surface area (TPSA) is 89.1 Å². The van der Waals surface area contributed by atoms with Crippen LogP contribution in [0.2, 0.25) is 0 Å². The molecule has 1 aromatic carbocycles. The van der Waals surface area contributed by atoms with Crippen molar-refractivity contribution in [2.45, 2.75) is 36.1 Å². The molecule has 0 saturated carbocycles. The molecule has 36 heavy (non-hydrogen) atoms. The Hall–Kier alpha value is -2.27. The van der Waals surface area contributed by atoms with E-state index in [0.29, 0.717) is 47.4 Å². The van der Waals surface area contributed by atoms with Crippen molar-refractivity contribution in [3.8, 4) is 0 Å². The molecule has 0 unspecified atom stereocenters. The molecule has 0 atom stereocenters. The summed E-state index contributed by atoms with van der Waals surface area (Å²) in [7, 11) is 1.82. The number of rotatable bonds is 10. The minimum absolute atomic E-state index is 0.0804. The molecule has 0 saturated heterocycles. The number of aromatic nitrogens is 4. The van der Waals surface area contributed by atoms with E-state index in [-0.39, 0.29) is 11.3 Å². The maximum Gasteiger partial charge on any atom is 0.293 e. The van der Waals surface area contributed by atoms with Gasteiger partial charge in [-0.25, -0.2) is 15.0 Å². The van der Waals surface area contributed by atoms with E-state index in [1.54, 1.807) is 28.7 Å². The number of imidazole rings is 1. The number of halogens is 2. The van der Waals surface area contributed by atoms with E-state index in [1.165, 1.54) is 11.3 Å². The molecule has 12 heteroatoms. The van der Waals surface area contributed by atoms with Crippen molar-refractivity contribution in [1.29, 1.82) is 0 Å². The molecule has 3 aromatic heterocycles. The summed E-state index contributed by atoms with van der Waals surface area (Å²) >= 11 is 14.9. The van der Waals surface area contributed by atoms with Crippen molar-refractivity contribution >= 4 is 74.1 Å². The van der Waals surface area contributed by atoms with E-state index in [9.17, 15) is 4.79 Å². The number of amides is 1. The molecule has 0 aliphatic rings. The molecule has 0 radical (unpaired) electrons. The van der Waals surface area contributed by atoms with Crippen molar-refractivity contribution < 1.29 is 9.21 Å². The van der Waals surface area contributed by atoms with E-state index in [2.05, 4.69) is 45.9 Å². The van der Waals surface area contributed by atoms with Gasteiger partial charge in [0.25, 0.3) is 5.91 Å². The molecule has 1 N–H and O–H groups in total. The monoisotopic (exact) mass is 566 g/mol. The summed E-state index contributed by atoms with van der Waals surface area (Å²) in [6, 6.07) is 5.90. The van der Waals surface area contributed by atoms with Crippen molar-refractivity contribution in [3.05, 3.63) is 48.1 Å². The van der Waals surface area contributed by atoms with Gasteiger partial charge in [0.05, 0.1) is 33.4 Å². The van der Waals surface area contributed by atoms with Crippen LogP contribution in [0, 0.1) is 0 Å². The molecule has 192 valence electrons. The van der Waals surface area contributed by atoms with Gasteiger partial charge in [0.15, 0.2) is 11.0 Å². The SMILES string of the molecule is Cn1c(C(=O)Nc2ncc(SCc3ncc(C(C)(C)C)o3)s2)nc2cc(N(CCCl)CCCl)ccc21. The smallest absolute Gasteiger partial charge is 0.293 e. The third kappa shape index (κ3) is 6.16. The largest absolute Gasteiger partial charge is 0.444 e. The first-order valence-corrected chi connectivity index (χ1v) is 14.2. The lowest BCUT2D eigenvalue weighted by Crippen LogP contribution is -2.27. The molecule has 4 aromatic rings. The van der Waals surface area contributed by atoms with Gasteiger partial charge < -0.3 is 13.9 Å². The molecule has 0 spiro atoms. The van der Waals surface area contributed by atoms with E-state index in [4.69, 9.17) is 27.6 Å². The second kappa shape index (κ2) is 11.4. The third-order valence-corrected chi connectivity index (χ3v) is 7.91. The van der Waals surface area contributed by atoms with Crippen LogP contribution in [-0.4, -0.2) is 50.3 Å². The Balaban J connectivity index is 1.43. The lowest BCUT2D eigenvalue weighted by molar-refractivity contribution is 0.101.